The number of H-pyrrole nitrogens is 1. The fourth-order valence-corrected chi connectivity index (χ4v) is 4.75. The number of nitrogens with zero attached hydrogens (tertiary/aromatic N) is 3. The number of thioether (sulfide) groups is 1. The predicted octanol–water partition coefficient (Wildman–Crippen LogP) is 3.30. The van der Waals surface area contributed by atoms with Crippen LogP contribution in [0.2, 0.25) is 0 Å². The smallest absolute Gasteiger partial charge is 0.248 e. The molecular formula is C21H22ClN5O2S. The highest BCUT2D eigenvalue weighted by Crippen LogP contribution is 2.36. The molecule has 0 radical (unpaired) electrons. The summed E-state index contributed by atoms with van der Waals surface area (Å²) < 4.78 is 0.718. The average Bonchev–Trinajstić information content (AvgIpc) is 3.44. The van der Waals surface area contributed by atoms with E-state index in [-0.39, 0.29) is 17.1 Å². The fourth-order valence-electron chi connectivity index (χ4n) is 3.43. The number of aromatic amines is 1. The van der Waals surface area contributed by atoms with Crippen LogP contribution in [0.1, 0.15) is 12.1 Å². The average molecular weight is 444 g/mol. The van der Waals surface area contributed by atoms with E-state index >= 15 is 0 Å². The molecule has 0 bridgehead atoms. The highest BCUT2D eigenvalue weighted by Gasteiger charge is 2.30. The molecule has 0 spiro atoms. The van der Waals surface area contributed by atoms with Crippen LogP contribution < -0.4 is 10.2 Å². The maximum atomic E-state index is 12.6. The van der Waals surface area contributed by atoms with Gasteiger partial charge in [-0.25, -0.2) is 4.98 Å². The van der Waals surface area contributed by atoms with E-state index in [1.54, 1.807) is 18.6 Å². The fraction of sp³-hybridized carbons (Fsp3) is 0.286. The van der Waals surface area contributed by atoms with Crippen LogP contribution >= 0.6 is 23.4 Å². The van der Waals surface area contributed by atoms with Crippen LogP contribution in [0, 0.1) is 0 Å². The number of carbonyl (C=O) groups is 2. The standard InChI is InChI=1S/C21H22ClN5O2S/c22-19-7-6-18(30-19)21(29)27-11-9-26(10-12-27)17-4-1-15(2-5-17)25-20(28)8-3-16-13-23-14-24-16/h1-5,7-8,13-14,18H,6,9-12H2,(H,23,24)(H,25,28)/b8-3+. The second-order valence-corrected chi connectivity index (χ2v) is 8.92. The first kappa shape index (κ1) is 20.6. The summed E-state index contributed by atoms with van der Waals surface area (Å²) in [6.45, 7) is 2.96. The predicted molar refractivity (Wildman–Crippen MR) is 121 cm³/mol. The summed E-state index contributed by atoms with van der Waals surface area (Å²) >= 11 is 7.44. The van der Waals surface area contributed by atoms with E-state index in [1.807, 2.05) is 35.2 Å². The van der Waals surface area contributed by atoms with Gasteiger partial charge in [0.05, 0.1) is 27.8 Å². The lowest BCUT2D eigenvalue weighted by atomic mass is 10.2. The Morgan fingerprint density at radius 2 is 1.97 bits per heavy atom. The maximum Gasteiger partial charge on any atom is 0.248 e. The first-order valence-corrected chi connectivity index (χ1v) is 11.0. The largest absolute Gasteiger partial charge is 0.368 e. The zero-order chi connectivity index (χ0) is 20.9. The number of allylic oxidation sites excluding steroid dienone is 1. The number of hydrogen-bond donors (Lipinski definition) is 2. The Morgan fingerprint density at radius 1 is 1.20 bits per heavy atom. The molecule has 1 aromatic carbocycles. The van der Waals surface area contributed by atoms with Crippen LogP contribution in [0.5, 0.6) is 0 Å². The molecule has 2 aliphatic rings. The van der Waals surface area contributed by atoms with Gasteiger partial charge in [0.2, 0.25) is 11.8 Å². The summed E-state index contributed by atoms with van der Waals surface area (Å²) in [7, 11) is 0. The molecule has 30 heavy (non-hydrogen) atoms. The summed E-state index contributed by atoms with van der Waals surface area (Å²) in [4.78, 5) is 35.6. The van der Waals surface area contributed by atoms with Crippen molar-refractivity contribution in [1.82, 2.24) is 14.9 Å². The van der Waals surface area contributed by atoms with Crippen LogP contribution in [-0.2, 0) is 9.59 Å². The van der Waals surface area contributed by atoms with Crippen molar-refractivity contribution in [3.05, 3.63) is 59.0 Å². The van der Waals surface area contributed by atoms with Gasteiger partial charge in [0.25, 0.3) is 0 Å². The zero-order valence-corrected chi connectivity index (χ0v) is 17.8. The number of imidazole rings is 1. The van der Waals surface area contributed by atoms with Gasteiger partial charge in [-0.05, 0) is 36.8 Å². The third kappa shape index (κ3) is 5.06. The van der Waals surface area contributed by atoms with Gasteiger partial charge in [-0.3, -0.25) is 9.59 Å². The van der Waals surface area contributed by atoms with Crippen molar-refractivity contribution in [2.45, 2.75) is 11.7 Å². The Morgan fingerprint density at radius 3 is 2.60 bits per heavy atom. The SMILES string of the molecule is O=C(/C=C/c1cnc[nH]1)Nc1ccc(N2CCN(C(=O)C3CC=C(Cl)S3)CC2)cc1. The van der Waals surface area contributed by atoms with Crippen molar-refractivity contribution in [2.75, 3.05) is 36.4 Å². The lowest BCUT2D eigenvalue weighted by molar-refractivity contribution is -0.130. The molecule has 7 nitrogen and oxygen atoms in total. The van der Waals surface area contributed by atoms with E-state index in [0.29, 0.717) is 19.5 Å². The van der Waals surface area contributed by atoms with Crippen molar-refractivity contribution in [3.63, 3.8) is 0 Å². The lowest BCUT2D eigenvalue weighted by Crippen LogP contribution is -2.50. The number of amides is 2. The van der Waals surface area contributed by atoms with E-state index in [2.05, 4.69) is 20.2 Å². The van der Waals surface area contributed by atoms with Gasteiger partial charge >= 0.3 is 0 Å². The van der Waals surface area contributed by atoms with Crippen molar-refractivity contribution in [1.29, 1.82) is 0 Å². The molecule has 1 saturated heterocycles. The van der Waals surface area contributed by atoms with Crippen LogP contribution in [0.3, 0.4) is 0 Å². The minimum atomic E-state index is -0.205. The number of benzene rings is 1. The van der Waals surface area contributed by atoms with Crippen molar-refractivity contribution < 1.29 is 9.59 Å². The molecule has 1 aromatic heterocycles. The maximum absolute atomic E-state index is 12.6. The van der Waals surface area contributed by atoms with Gasteiger partial charge in [0.15, 0.2) is 0 Å². The topological polar surface area (TPSA) is 81.3 Å². The van der Waals surface area contributed by atoms with Gasteiger partial charge in [0, 0.05) is 43.6 Å². The van der Waals surface area contributed by atoms with Gasteiger partial charge in [-0.1, -0.05) is 17.7 Å². The number of hydrogen-bond acceptors (Lipinski definition) is 5. The molecule has 1 atom stereocenters. The first-order chi connectivity index (χ1) is 14.6. The quantitative estimate of drug-likeness (QED) is 0.693. The number of nitrogens with one attached hydrogen (secondary N) is 2. The van der Waals surface area contributed by atoms with E-state index in [0.717, 1.165) is 34.5 Å². The van der Waals surface area contributed by atoms with Crippen LogP contribution in [0.4, 0.5) is 11.4 Å². The molecule has 156 valence electrons. The summed E-state index contributed by atoms with van der Waals surface area (Å²) in [5.41, 5.74) is 2.58. The van der Waals surface area contributed by atoms with E-state index in [9.17, 15) is 9.59 Å². The lowest BCUT2D eigenvalue weighted by Gasteiger charge is -2.37. The monoisotopic (exact) mass is 443 g/mol. The molecule has 4 rings (SSSR count). The van der Waals surface area contributed by atoms with Gasteiger partial charge in [0.1, 0.15) is 0 Å². The zero-order valence-electron chi connectivity index (χ0n) is 16.3. The number of piperazine rings is 1. The number of anilines is 2. The highest BCUT2D eigenvalue weighted by molar-refractivity contribution is 8.06. The highest BCUT2D eigenvalue weighted by atomic mass is 35.5. The van der Waals surface area contributed by atoms with Crippen molar-refractivity contribution >= 4 is 52.6 Å². The van der Waals surface area contributed by atoms with Crippen LogP contribution in [0.15, 0.2) is 53.3 Å². The molecule has 2 aromatic rings. The minimum Gasteiger partial charge on any atom is -0.368 e. The summed E-state index contributed by atoms with van der Waals surface area (Å²) in [6.07, 6.45) is 8.97. The molecule has 0 saturated carbocycles. The van der Waals surface area contributed by atoms with E-state index < -0.39 is 0 Å². The third-order valence-corrected chi connectivity index (χ3v) is 6.54. The van der Waals surface area contributed by atoms with Crippen LogP contribution in [-0.4, -0.2) is 58.1 Å². The summed E-state index contributed by atoms with van der Waals surface area (Å²) in [6, 6.07) is 7.75. The van der Waals surface area contributed by atoms with Crippen molar-refractivity contribution in [3.8, 4) is 0 Å². The summed E-state index contributed by atoms with van der Waals surface area (Å²) in [5, 5.41) is 2.77. The molecule has 1 fully saturated rings. The van der Waals surface area contributed by atoms with E-state index in [4.69, 9.17) is 11.6 Å². The molecule has 2 aliphatic heterocycles. The summed E-state index contributed by atoms with van der Waals surface area (Å²) in [5.74, 6) is -0.0309. The number of aromatic nitrogens is 2. The molecular weight excluding hydrogens is 422 g/mol. The Hall–Kier alpha value is -2.71. The molecule has 9 heteroatoms. The van der Waals surface area contributed by atoms with Gasteiger partial charge in [-0.2, -0.15) is 0 Å². The van der Waals surface area contributed by atoms with E-state index in [1.165, 1.54) is 17.8 Å². The Bertz CT molecular complexity index is 950. The molecule has 2 N–H and O–H groups in total. The molecule has 1 unspecified atom stereocenters. The Balaban J connectivity index is 1.26. The van der Waals surface area contributed by atoms with Gasteiger partial charge < -0.3 is 20.1 Å². The van der Waals surface area contributed by atoms with Crippen molar-refractivity contribution in [2.24, 2.45) is 0 Å². The normalized spacial score (nSPS) is 19.2. The second kappa shape index (κ2) is 9.40. The minimum absolute atomic E-state index is 0.0748. The van der Waals surface area contributed by atoms with Gasteiger partial charge in [-0.15, -0.1) is 11.8 Å². The van der Waals surface area contributed by atoms with Crippen LogP contribution in [0.25, 0.3) is 6.08 Å². The number of carbonyl (C=O) groups excluding carboxylic acids is 2. The Labute approximate surface area is 184 Å². The number of halogens is 1. The number of rotatable bonds is 5. The Kier molecular flexibility index (Phi) is 6.44. The third-order valence-electron chi connectivity index (χ3n) is 5.05. The second-order valence-electron chi connectivity index (χ2n) is 7.04. The molecule has 3 heterocycles. The molecule has 2 amide bonds. The molecule has 0 aliphatic carbocycles. The first-order valence-electron chi connectivity index (χ1n) is 9.72.